The maximum Gasteiger partial charge on any atom is 0.255 e. The first-order valence-corrected chi connectivity index (χ1v) is 6.27. The van der Waals surface area contributed by atoms with E-state index in [0.29, 0.717) is 11.3 Å². The number of aromatic nitrogens is 2. The summed E-state index contributed by atoms with van der Waals surface area (Å²) in [5, 5.41) is 8.72. The fourth-order valence-corrected chi connectivity index (χ4v) is 2.14. The number of halogens is 1. The van der Waals surface area contributed by atoms with Crippen molar-refractivity contribution in [2.24, 2.45) is 5.14 Å². The third-order valence-corrected chi connectivity index (χ3v) is 3.19. The fourth-order valence-electron chi connectivity index (χ4n) is 1.50. The third-order valence-electron chi connectivity index (χ3n) is 2.30. The monoisotopic (exact) mass is 255 g/mol. The SMILES string of the molecule is Cc1ccc(F)cc1-n1nccc1S(N)(=O)=O. The lowest BCUT2D eigenvalue weighted by Gasteiger charge is -2.08. The number of rotatable bonds is 2. The number of aryl methyl sites for hydroxylation is 1. The van der Waals surface area contributed by atoms with Gasteiger partial charge in [-0.3, -0.25) is 0 Å². The van der Waals surface area contributed by atoms with Gasteiger partial charge in [-0.1, -0.05) is 6.07 Å². The van der Waals surface area contributed by atoms with Crippen LogP contribution in [0.15, 0.2) is 35.5 Å². The van der Waals surface area contributed by atoms with Gasteiger partial charge >= 0.3 is 0 Å². The Balaban J connectivity index is 2.70. The maximum absolute atomic E-state index is 13.1. The number of hydrogen-bond donors (Lipinski definition) is 1. The lowest BCUT2D eigenvalue weighted by molar-refractivity contribution is 0.586. The van der Waals surface area contributed by atoms with Crippen LogP contribution in [0.25, 0.3) is 5.69 Å². The summed E-state index contributed by atoms with van der Waals surface area (Å²) in [6.07, 6.45) is 1.30. The van der Waals surface area contributed by atoms with Crippen LogP contribution < -0.4 is 5.14 Å². The topological polar surface area (TPSA) is 78.0 Å². The summed E-state index contributed by atoms with van der Waals surface area (Å²) < 4.78 is 36.9. The Kier molecular flexibility index (Phi) is 2.72. The highest BCUT2D eigenvalue weighted by atomic mass is 32.2. The van der Waals surface area contributed by atoms with Crippen LogP contribution in [0.5, 0.6) is 0 Å². The predicted molar refractivity (Wildman–Crippen MR) is 59.6 cm³/mol. The van der Waals surface area contributed by atoms with Crippen molar-refractivity contribution in [2.45, 2.75) is 11.9 Å². The van der Waals surface area contributed by atoms with Gasteiger partial charge < -0.3 is 0 Å². The molecule has 2 aromatic rings. The quantitative estimate of drug-likeness (QED) is 0.868. The Hall–Kier alpha value is -1.73. The Labute approximate surface area is 97.7 Å². The molecular weight excluding hydrogens is 245 g/mol. The number of nitrogens with two attached hydrogens (primary N) is 1. The normalized spacial score (nSPS) is 11.7. The van der Waals surface area contributed by atoms with E-state index in [1.807, 2.05) is 0 Å². The van der Waals surface area contributed by atoms with Crippen LogP contribution in [0, 0.1) is 12.7 Å². The lowest BCUT2D eigenvalue weighted by Crippen LogP contribution is -2.17. The highest BCUT2D eigenvalue weighted by Crippen LogP contribution is 2.18. The second-order valence-electron chi connectivity index (χ2n) is 3.56. The van der Waals surface area contributed by atoms with Crippen LogP contribution in [-0.2, 0) is 10.0 Å². The summed E-state index contributed by atoms with van der Waals surface area (Å²) in [6.45, 7) is 1.73. The van der Waals surface area contributed by atoms with Crippen molar-refractivity contribution in [3.8, 4) is 5.69 Å². The molecule has 17 heavy (non-hydrogen) atoms. The van der Waals surface area contributed by atoms with Gasteiger partial charge in [0.05, 0.1) is 11.9 Å². The first-order valence-electron chi connectivity index (χ1n) is 4.73. The molecule has 5 nitrogen and oxygen atoms in total. The molecule has 0 amide bonds. The molecule has 90 valence electrons. The molecule has 0 aliphatic heterocycles. The molecule has 0 aliphatic rings. The molecule has 1 heterocycles. The Morgan fingerprint density at radius 3 is 2.71 bits per heavy atom. The Morgan fingerprint density at radius 1 is 1.35 bits per heavy atom. The molecule has 0 saturated heterocycles. The summed E-state index contributed by atoms with van der Waals surface area (Å²) in [5.41, 5.74) is 1.04. The van der Waals surface area contributed by atoms with E-state index in [4.69, 9.17) is 5.14 Å². The highest BCUT2D eigenvalue weighted by molar-refractivity contribution is 7.89. The summed E-state index contributed by atoms with van der Waals surface area (Å²) >= 11 is 0. The van der Waals surface area contributed by atoms with Crippen molar-refractivity contribution in [3.05, 3.63) is 41.8 Å². The number of primary sulfonamides is 1. The molecule has 1 aromatic heterocycles. The van der Waals surface area contributed by atoms with Gasteiger partial charge in [-0.05, 0) is 30.7 Å². The molecule has 2 N–H and O–H groups in total. The van der Waals surface area contributed by atoms with Crippen LogP contribution in [0.2, 0.25) is 0 Å². The van der Waals surface area contributed by atoms with Crippen molar-refractivity contribution in [1.29, 1.82) is 0 Å². The van der Waals surface area contributed by atoms with Gasteiger partial charge in [0.2, 0.25) is 0 Å². The Morgan fingerprint density at radius 2 is 2.06 bits per heavy atom. The van der Waals surface area contributed by atoms with E-state index in [-0.39, 0.29) is 5.03 Å². The lowest BCUT2D eigenvalue weighted by atomic mass is 10.2. The predicted octanol–water partition coefficient (Wildman–Crippen LogP) is 0.967. The number of hydrogen-bond acceptors (Lipinski definition) is 3. The van der Waals surface area contributed by atoms with Gasteiger partial charge in [0.1, 0.15) is 5.82 Å². The molecule has 0 saturated carbocycles. The van der Waals surface area contributed by atoms with Crippen LogP contribution in [0.4, 0.5) is 4.39 Å². The molecule has 0 radical (unpaired) electrons. The largest absolute Gasteiger partial charge is 0.255 e. The minimum Gasteiger partial charge on any atom is -0.223 e. The van der Waals surface area contributed by atoms with E-state index in [0.717, 1.165) is 4.68 Å². The van der Waals surface area contributed by atoms with E-state index < -0.39 is 15.8 Å². The molecule has 0 unspecified atom stereocenters. The molecule has 0 spiro atoms. The first kappa shape index (κ1) is 11.7. The van der Waals surface area contributed by atoms with Crippen molar-refractivity contribution >= 4 is 10.0 Å². The molecule has 0 bridgehead atoms. The second kappa shape index (κ2) is 3.94. The van der Waals surface area contributed by atoms with E-state index in [2.05, 4.69) is 5.10 Å². The van der Waals surface area contributed by atoms with Gasteiger partial charge in [-0.15, -0.1) is 0 Å². The molecule has 0 fully saturated rings. The second-order valence-corrected chi connectivity index (χ2v) is 5.07. The van der Waals surface area contributed by atoms with Crippen molar-refractivity contribution < 1.29 is 12.8 Å². The van der Waals surface area contributed by atoms with Crippen molar-refractivity contribution in [3.63, 3.8) is 0 Å². The van der Waals surface area contributed by atoms with Crippen LogP contribution in [0.1, 0.15) is 5.56 Å². The molecular formula is C10H10FN3O2S. The summed E-state index contributed by atoms with van der Waals surface area (Å²) in [4.78, 5) is 0. The zero-order valence-electron chi connectivity index (χ0n) is 8.96. The minimum atomic E-state index is -3.89. The van der Waals surface area contributed by atoms with E-state index >= 15 is 0 Å². The number of nitrogens with zero attached hydrogens (tertiary/aromatic N) is 2. The molecule has 7 heteroatoms. The average molecular weight is 255 g/mol. The third kappa shape index (κ3) is 2.20. The minimum absolute atomic E-state index is 0.175. The van der Waals surface area contributed by atoms with Gasteiger partial charge in [-0.2, -0.15) is 5.10 Å². The summed E-state index contributed by atoms with van der Waals surface area (Å²) in [6, 6.07) is 5.30. The van der Waals surface area contributed by atoms with Gasteiger partial charge in [-0.25, -0.2) is 22.6 Å². The van der Waals surface area contributed by atoms with Crippen molar-refractivity contribution in [1.82, 2.24) is 9.78 Å². The van der Waals surface area contributed by atoms with Gasteiger partial charge in [0.25, 0.3) is 10.0 Å². The van der Waals surface area contributed by atoms with Crippen LogP contribution in [0.3, 0.4) is 0 Å². The average Bonchev–Trinajstić information content (AvgIpc) is 2.69. The van der Waals surface area contributed by atoms with Crippen LogP contribution >= 0.6 is 0 Å². The fraction of sp³-hybridized carbons (Fsp3) is 0.100. The smallest absolute Gasteiger partial charge is 0.223 e. The molecule has 2 rings (SSSR count). The zero-order chi connectivity index (χ0) is 12.6. The van der Waals surface area contributed by atoms with Gasteiger partial charge in [0.15, 0.2) is 5.03 Å². The highest BCUT2D eigenvalue weighted by Gasteiger charge is 2.17. The van der Waals surface area contributed by atoms with Gasteiger partial charge in [0, 0.05) is 0 Å². The Bertz CT molecular complexity index is 664. The maximum atomic E-state index is 13.1. The molecule has 0 atom stereocenters. The van der Waals surface area contributed by atoms with E-state index in [1.165, 1.54) is 24.4 Å². The van der Waals surface area contributed by atoms with E-state index in [1.54, 1.807) is 13.0 Å². The number of benzene rings is 1. The van der Waals surface area contributed by atoms with E-state index in [9.17, 15) is 12.8 Å². The van der Waals surface area contributed by atoms with Crippen molar-refractivity contribution in [2.75, 3.05) is 0 Å². The zero-order valence-corrected chi connectivity index (χ0v) is 9.78. The molecule has 1 aromatic carbocycles. The number of sulfonamides is 1. The summed E-state index contributed by atoms with van der Waals surface area (Å²) in [5.74, 6) is -0.471. The van der Waals surface area contributed by atoms with Crippen LogP contribution in [-0.4, -0.2) is 18.2 Å². The first-order chi connectivity index (χ1) is 7.89. The molecule has 0 aliphatic carbocycles. The standard InChI is InChI=1S/C10H10FN3O2S/c1-7-2-3-8(11)6-9(7)14-10(4-5-13-14)17(12,15)16/h2-6H,1H3,(H2,12,15,16). The summed E-state index contributed by atoms with van der Waals surface area (Å²) in [7, 11) is -3.89.